The molecule has 1 saturated heterocycles. The van der Waals surface area contributed by atoms with Crippen molar-refractivity contribution in [3.63, 3.8) is 0 Å². The molecule has 0 radical (unpaired) electrons. The van der Waals surface area contributed by atoms with E-state index < -0.39 is 20.2 Å². The van der Waals surface area contributed by atoms with Crippen LogP contribution in [-0.2, 0) is 25.8 Å². The molecule has 0 aromatic heterocycles. The molecule has 2 aromatic rings. The molecule has 224 valence electrons. The molecule has 0 spiro atoms. The van der Waals surface area contributed by atoms with Gasteiger partial charge in [0.15, 0.2) is 0 Å². The highest BCUT2D eigenvalue weighted by molar-refractivity contribution is 7.92. The van der Waals surface area contributed by atoms with E-state index in [0.717, 1.165) is 69.6 Å². The fraction of sp³-hybridized carbons (Fsp3) is 0.552. The van der Waals surface area contributed by atoms with Crippen molar-refractivity contribution in [3.8, 4) is 5.75 Å². The highest BCUT2D eigenvalue weighted by atomic mass is 32.2. The predicted octanol–water partition coefficient (Wildman–Crippen LogP) is 4.18. The van der Waals surface area contributed by atoms with Crippen molar-refractivity contribution >= 4 is 21.4 Å². The van der Waals surface area contributed by atoms with Crippen molar-refractivity contribution in [1.29, 1.82) is 0 Å². The van der Waals surface area contributed by atoms with E-state index in [1.165, 1.54) is 23.3 Å². The highest BCUT2D eigenvalue weighted by Crippen LogP contribution is 2.32. The van der Waals surface area contributed by atoms with Gasteiger partial charge in [0.1, 0.15) is 18.5 Å². The van der Waals surface area contributed by atoms with Crippen LogP contribution in [0, 0.1) is 6.92 Å². The summed E-state index contributed by atoms with van der Waals surface area (Å²) in [5.41, 5.74) is -2.26. The van der Waals surface area contributed by atoms with Gasteiger partial charge < -0.3 is 19.7 Å². The lowest BCUT2D eigenvalue weighted by Crippen LogP contribution is -2.51. The van der Waals surface area contributed by atoms with Gasteiger partial charge >= 0.3 is 5.51 Å². The second-order valence-electron chi connectivity index (χ2n) is 11.1. The maximum atomic E-state index is 12.8. The summed E-state index contributed by atoms with van der Waals surface area (Å²) in [7, 11) is -5.36. The topological polar surface area (TPSA) is 88.2 Å². The summed E-state index contributed by atoms with van der Waals surface area (Å²) in [5, 5.41) is 3.25. The molecule has 1 saturated carbocycles. The Labute approximate surface area is 238 Å². The minimum absolute atomic E-state index is 0.00112. The number of piperazine rings is 1. The second-order valence-corrected chi connectivity index (χ2v) is 13.1. The molecule has 12 heteroatoms. The number of alkyl halides is 3. The average molecular weight is 596 g/mol. The molecule has 2 fully saturated rings. The van der Waals surface area contributed by atoms with Crippen LogP contribution in [0.2, 0.25) is 0 Å². The predicted molar refractivity (Wildman–Crippen MR) is 148 cm³/mol. The molecule has 3 aliphatic rings. The average Bonchev–Trinajstić information content (AvgIpc) is 3.34. The maximum Gasteiger partial charge on any atom is 0.501 e. The third-order valence-electron chi connectivity index (χ3n) is 8.10. The number of benzene rings is 2. The number of amides is 1. The molecule has 1 aliphatic carbocycles. The van der Waals surface area contributed by atoms with Gasteiger partial charge in [-0.2, -0.15) is 13.2 Å². The van der Waals surface area contributed by atoms with E-state index in [9.17, 15) is 26.4 Å². The molecule has 1 N–H and O–H groups in total. The third kappa shape index (κ3) is 7.15. The fourth-order valence-electron chi connectivity index (χ4n) is 5.77. The van der Waals surface area contributed by atoms with Crippen LogP contribution in [-0.4, -0.2) is 87.2 Å². The standard InChI is InChI=1S/C29H36F3N3O5S/c1-20-2-11-27-21(16-20)17-25(40-27)18-34-12-14-35(15-13-34)28(36)19-39-24-7-3-22(4-8-24)33-23-5-9-26(10-6-23)41(37,38)29(30,31)32/h2,5-6,9-11,16,22,24-25,33H,3-4,7-8,12-15,17-19H2,1H3. The molecule has 2 aromatic carbocycles. The first kappa shape index (κ1) is 29.7. The van der Waals surface area contributed by atoms with Crippen LogP contribution >= 0.6 is 0 Å². The summed E-state index contributed by atoms with van der Waals surface area (Å²) >= 11 is 0. The van der Waals surface area contributed by atoms with Crippen molar-refractivity contribution in [3.05, 3.63) is 53.6 Å². The van der Waals surface area contributed by atoms with Gasteiger partial charge in [0.2, 0.25) is 5.91 Å². The number of halogens is 3. The van der Waals surface area contributed by atoms with Crippen LogP contribution in [0.5, 0.6) is 5.75 Å². The quantitative estimate of drug-likeness (QED) is 0.490. The number of carbonyl (C=O) groups is 1. The maximum absolute atomic E-state index is 12.8. The van der Waals surface area contributed by atoms with Crippen molar-refractivity contribution < 1.29 is 35.9 Å². The monoisotopic (exact) mass is 595 g/mol. The van der Waals surface area contributed by atoms with E-state index in [4.69, 9.17) is 9.47 Å². The summed E-state index contributed by atoms with van der Waals surface area (Å²) in [6.45, 7) is 5.94. The van der Waals surface area contributed by atoms with Crippen LogP contribution in [0.15, 0.2) is 47.4 Å². The van der Waals surface area contributed by atoms with Gasteiger partial charge in [0.25, 0.3) is 9.84 Å². The molecule has 1 amide bonds. The molecular weight excluding hydrogens is 559 g/mol. The van der Waals surface area contributed by atoms with Crippen LogP contribution in [0.25, 0.3) is 0 Å². The number of hydrogen-bond donors (Lipinski definition) is 1. The van der Waals surface area contributed by atoms with Gasteiger partial charge in [-0.1, -0.05) is 17.7 Å². The van der Waals surface area contributed by atoms with E-state index in [0.29, 0.717) is 18.8 Å². The molecule has 5 rings (SSSR count). The Morgan fingerprint density at radius 1 is 1.02 bits per heavy atom. The summed E-state index contributed by atoms with van der Waals surface area (Å²) in [4.78, 5) is 16.2. The molecule has 0 bridgehead atoms. The first-order chi connectivity index (χ1) is 19.5. The van der Waals surface area contributed by atoms with Gasteiger partial charge in [0.05, 0.1) is 11.0 Å². The first-order valence-corrected chi connectivity index (χ1v) is 15.5. The number of ether oxygens (including phenoxy) is 2. The largest absolute Gasteiger partial charge is 0.501 e. The molecule has 2 aliphatic heterocycles. The molecule has 8 nitrogen and oxygen atoms in total. The zero-order chi connectivity index (χ0) is 29.2. The first-order valence-electron chi connectivity index (χ1n) is 14.0. The number of carbonyl (C=O) groups excluding carboxylic acids is 1. The molecule has 2 heterocycles. The summed E-state index contributed by atoms with van der Waals surface area (Å²) in [6.07, 6.45) is 4.08. The normalized spacial score (nSPS) is 23.6. The molecule has 41 heavy (non-hydrogen) atoms. The van der Waals surface area contributed by atoms with Crippen molar-refractivity contribution in [2.24, 2.45) is 0 Å². The number of nitrogens with zero attached hydrogens (tertiary/aromatic N) is 2. The summed E-state index contributed by atoms with van der Waals surface area (Å²) in [5.74, 6) is 0.978. The SMILES string of the molecule is Cc1ccc2c(c1)CC(CN1CCN(C(=O)COC3CCC(Nc4ccc(S(=O)(=O)C(F)(F)F)cc4)CC3)CC1)O2. The van der Waals surface area contributed by atoms with E-state index in [1.807, 2.05) is 11.0 Å². The lowest BCUT2D eigenvalue weighted by molar-refractivity contribution is -0.140. The number of nitrogens with one attached hydrogen (secondary N) is 1. The lowest BCUT2D eigenvalue weighted by atomic mass is 9.93. The summed E-state index contributed by atoms with van der Waals surface area (Å²) < 4.78 is 73.3. The molecule has 1 unspecified atom stereocenters. The Bertz CT molecular complexity index is 1320. The Balaban J connectivity index is 0.982. The second kappa shape index (κ2) is 12.2. The minimum atomic E-state index is -5.36. The zero-order valence-corrected chi connectivity index (χ0v) is 23.8. The van der Waals surface area contributed by atoms with Gasteiger partial charge in [-0.3, -0.25) is 9.69 Å². The Morgan fingerprint density at radius 3 is 2.37 bits per heavy atom. The number of aryl methyl sites for hydroxylation is 1. The van der Waals surface area contributed by atoms with E-state index in [2.05, 4.69) is 29.3 Å². The van der Waals surface area contributed by atoms with Crippen LogP contribution in [0.1, 0.15) is 36.8 Å². The zero-order valence-electron chi connectivity index (χ0n) is 23.0. The van der Waals surface area contributed by atoms with Crippen LogP contribution < -0.4 is 10.1 Å². The number of fused-ring (bicyclic) bond motifs is 1. The highest BCUT2D eigenvalue weighted by Gasteiger charge is 2.46. The third-order valence-corrected chi connectivity index (χ3v) is 9.60. The number of rotatable bonds is 8. The van der Waals surface area contributed by atoms with Gasteiger partial charge in [-0.25, -0.2) is 8.42 Å². The van der Waals surface area contributed by atoms with Crippen molar-refractivity contribution in [1.82, 2.24) is 9.80 Å². The van der Waals surface area contributed by atoms with E-state index in [-0.39, 0.29) is 30.8 Å². The van der Waals surface area contributed by atoms with Gasteiger partial charge in [-0.15, -0.1) is 0 Å². The Kier molecular flexibility index (Phi) is 8.81. The number of hydrogen-bond acceptors (Lipinski definition) is 7. The van der Waals surface area contributed by atoms with Crippen LogP contribution in [0.3, 0.4) is 0 Å². The molecular formula is C29H36F3N3O5S. The lowest BCUT2D eigenvalue weighted by Gasteiger charge is -2.36. The van der Waals surface area contributed by atoms with Crippen molar-refractivity contribution in [2.75, 3.05) is 44.6 Å². The number of anilines is 1. The summed E-state index contributed by atoms with van der Waals surface area (Å²) in [6, 6.07) is 11.0. The Hall–Kier alpha value is -2.83. The van der Waals surface area contributed by atoms with Crippen LogP contribution in [0.4, 0.5) is 18.9 Å². The van der Waals surface area contributed by atoms with E-state index >= 15 is 0 Å². The van der Waals surface area contributed by atoms with E-state index in [1.54, 1.807) is 0 Å². The van der Waals surface area contributed by atoms with Crippen molar-refractivity contribution in [2.45, 2.75) is 67.7 Å². The van der Waals surface area contributed by atoms with Gasteiger partial charge in [0, 0.05) is 50.9 Å². The molecule has 1 atom stereocenters. The smallest absolute Gasteiger partial charge is 0.488 e. The fourth-order valence-corrected chi connectivity index (χ4v) is 6.53. The number of sulfone groups is 1. The Morgan fingerprint density at radius 2 is 1.71 bits per heavy atom. The minimum Gasteiger partial charge on any atom is -0.488 e. The van der Waals surface area contributed by atoms with Gasteiger partial charge in [-0.05, 0) is 68.5 Å².